The molecule has 0 aromatic carbocycles. The van der Waals surface area contributed by atoms with Gasteiger partial charge in [-0.05, 0) is 18.6 Å². The molecule has 0 aliphatic rings. The summed E-state index contributed by atoms with van der Waals surface area (Å²) >= 11 is 0. The Bertz CT molecular complexity index is 405. The molecule has 96 valence electrons. The Hall–Kier alpha value is -1.60. The standard InChI is InChI=1S/C9H8F5NO2/c1-4-3-5(17-9(12,13)14)8(16-2)15-6(4)7(10)11/h3,7H,1-2H3. The molecule has 0 fully saturated rings. The largest absolute Gasteiger partial charge is 0.573 e. The smallest absolute Gasteiger partial charge is 0.478 e. The molecule has 0 spiro atoms. The molecule has 17 heavy (non-hydrogen) atoms. The lowest BCUT2D eigenvalue weighted by Crippen LogP contribution is -2.18. The van der Waals surface area contributed by atoms with Gasteiger partial charge in [0.1, 0.15) is 5.69 Å². The van der Waals surface area contributed by atoms with E-state index in [-0.39, 0.29) is 5.56 Å². The number of rotatable bonds is 3. The SMILES string of the molecule is COc1nc(C(F)F)c(C)cc1OC(F)(F)F. The van der Waals surface area contributed by atoms with Gasteiger partial charge in [0.2, 0.25) is 0 Å². The van der Waals surface area contributed by atoms with Gasteiger partial charge in [-0.25, -0.2) is 13.8 Å². The van der Waals surface area contributed by atoms with Crippen molar-refractivity contribution >= 4 is 0 Å². The van der Waals surface area contributed by atoms with E-state index in [0.29, 0.717) is 0 Å². The van der Waals surface area contributed by atoms with Gasteiger partial charge in [-0.3, -0.25) is 0 Å². The highest BCUT2D eigenvalue weighted by Crippen LogP contribution is 2.34. The highest BCUT2D eigenvalue weighted by atomic mass is 19.4. The van der Waals surface area contributed by atoms with Crippen LogP contribution in [0.25, 0.3) is 0 Å². The fourth-order valence-electron chi connectivity index (χ4n) is 1.15. The molecule has 1 heterocycles. The van der Waals surface area contributed by atoms with Crippen LogP contribution in [-0.2, 0) is 0 Å². The van der Waals surface area contributed by atoms with Crippen LogP contribution >= 0.6 is 0 Å². The van der Waals surface area contributed by atoms with E-state index in [1.807, 2.05) is 0 Å². The van der Waals surface area contributed by atoms with Crippen molar-refractivity contribution in [3.63, 3.8) is 0 Å². The molecule has 0 unspecified atom stereocenters. The first-order valence-electron chi connectivity index (χ1n) is 4.34. The van der Waals surface area contributed by atoms with Gasteiger partial charge in [0, 0.05) is 0 Å². The Labute approximate surface area is 93.2 Å². The van der Waals surface area contributed by atoms with Gasteiger partial charge >= 0.3 is 6.36 Å². The number of hydrogen-bond donors (Lipinski definition) is 0. The zero-order valence-corrected chi connectivity index (χ0v) is 8.81. The second kappa shape index (κ2) is 4.72. The van der Waals surface area contributed by atoms with Gasteiger partial charge in [-0.1, -0.05) is 0 Å². The average Bonchev–Trinajstić information content (AvgIpc) is 2.14. The number of hydrogen-bond acceptors (Lipinski definition) is 3. The minimum absolute atomic E-state index is 0.111. The van der Waals surface area contributed by atoms with Crippen LogP contribution in [0.5, 0.6) is 11.6 Å². The number of nitrogens with zero attached hydrogens (tertiary/aromatic N) is 1. The van der Waals surface area contributed by atoms with Crippen molar-refractivity contribution in [2.75, 3.05) is 7.11 Å². The number of pyridine rings is 1. The third-order valence-corrected chi connectivity index (χ3v) is 1.81. The molecule has 0 aliphatic heterocycles. The van der Waals surface area contributed by atoms with Crippen molar-refractivity contribution in [3.05, 3.63) is 17.3 Å². The Morgan fingerprint density at radius 1 is 1.29 bits per heavy atom. The highest BCUT2D eigenvalue weighted by molar-refractivity contribution is 5.39. The molecule has 0 saturated carbocycles. The summed E-state index contributed by atoms with van der Waals surface area (Å²) in [6.07, 6.45) is -7.84. The van der Waals surface area contributed by atoms with Crippen molar-refractivity contribution in [2.24, 2.45) is 0 Å². The summed E-state index contributed by atoms with van der Waals surface area (Å²) in [7, 11) is 1.01. The zero-order valence-electron chi connectivity index (χ0n) is 8.81. The minimum atomic E-state index is -4.94. The van der Waals surface area contributed by atoms with Crippen LogP contribution in [0, 0.1) is 6.92 Å². The molecule has 0 saturated heterocycles. The van der Waals surface area contributed by atoms with Gasteiger partial charge in [0.15, 0.2) is 5.75 Å². The predicted octanol–water partition coefficient (Wildman–Crippen LogP) is 3.23. The van der Waals surface area contributed by atoms with Crippen LogP contribution in [0.4, 0.5) is 22.0 Å². The third kappa shape index (κ3) is 3.43. The lowest BCUT2D eigenvalue weighted by molar-refractivity contribution is -0.275. The van der Waals surface area contributed by atoms with Crippen LogP contribution in [0.2, 0.25) is 0 Å². The molecule has 1 aromatic heterocycles. The Morgan fingerprint density at radius 3 is 2.29 bits per heavy atom. The second-order valence-electron chi connectivity index (χ2n) is 3.05. The summed E-state index contributed by atoms with van der Waals surface area (Å²) in [5.41, 5.74) is -0.753. The summed E-state index contributed by atoms with van der Waals surface area (Å²) < 4.78 is 68.9. The first kappa shape index (κ1) is 13.5. The average molecular weight is 257 g/mol. The summed E-state index contributed by atoms with van der Waals surface area (Å²) in [5, 5.41) is 0. The van der Waals surface area contributed by atoms with Crippen molar-refractivity contribution in [3.8, 4) is 11.6 Å². The molecule has 1 aromatic rings. The van der Waals surface area contributed by atoms with Crippen LogP contribution in [-0.4, -0.2) is 18.5 Å². The molecule has 1 rings (SSSR count). The number of halogens is 5. The fourth-order valence-corrected chi connectivity index (χ4v) is 1.15. The van der Waals surface area contributed by atoms with E-state index >= 15 is 0 Å². The Kier molecular flexibility index (Phi) is 3.74. The molecule has 0 amide bonds. The molecule has 0 atom stereocenters. The molecule has 3 nitrogen and oxygen atoms in total. The predicted molar refractivity (Wildman–Crippen MR) is 47.2 cm³/mol. The van der Waals surface area contributed by atoms with E-state index in [4.69, 9.17) is 0 Å². The Balaban J connectivity index is 3.19. The topological polar surface area (TPSA) is 31.4 Å². The number of alkyl halides is 5. The molecule has 0 radical (unpaired) electrons. The van der Waals surface area contributed by atoms with Gasteiger partial charge in [0.25, 0.3) is 12.3 Å². The lowest BCUT2D eigenvalue weighted by atomic mass is 10.2. The summed E-state index contributed by atoms with van der Waals surface area (Å²) in [6.45, 7) is 1.21. The zero-order chi connectivity index (χ0) is 13.2. The third-order valence-electron chi connectivity index (χ3n) is 1.81. The highest BCUT2D eigenvalue weighted by Gasteiger charge is 2.33. The molecule has 0 bridgehead atoms. The van der Waals surface area contributed by atoms with Gasteiger partial charge in [-0.15, -0.1) is 13.2 Å². The van der Waals surface area contributed by atoms with Crippen LogP contribution < -0.4 is 9.47 Å². The van der Waals surface area contributed by atoms with Crippen molar-refractivity contribution in [1.82, 2.24) is 4.98 Å². The van der Waals surface area contributed by atoms with E-state index in [2.05, 4.69) is 14.5 Å². The maximum Gasteiger partial charge on any atom is 0.573 e. The van der Waals surface area contributed by atoms with Crippen molar-refractivity contribution in [2.45, 2.75) is 19.7 Å². The maximum absolute atomic E-state index is 12.4. The molecule has 0 N–H and O–H groups in total. The van der Waals surface area contributed by atoms with E-state index in [1.54, 1.807) is 0 Å². The quantitative estimate of drug-likeness (QED) is 0.779. The maximum atomic E-state index is 12.4. The second-order valence-corrected chi connectivity index (χ2v) is 3.05. The van der Waals surface area contributed by atoms with Crippen LogP contribution in [0.15, 0.2) is 6.07 Å². The van der Waals surface area contributed by atoms with E-state index in [0.717, 1.165) is 13.2 Å². The van der Waals surface area contributed by atoms with E-state index in [9.17, 15) is 22.0 Å². The number of aryl methyl sites for hydroxylation is 1. The number of methoxy groups -OCH3 is 1. The monoisotopic (exact) mass is 257 g/mol. The van der Waals surface area contributed by atoms with Gasteiger partial charge in [0.05, 0.1) is 7.11 Å². The van der Waals surface area contributed by atoms with Crippen LogP contribution in [0.1, 0.15) is 17.7 Å². The van der Waals surface area contributed by atoms with E-state index < -0.39 is 30.1 Å². The van der Waals surface area contributed by atoms with Gasteiger partial charge in [-0.2, -0.15) is 0 Å². The normalized spacial score (nSPS) is 11.8. The lowest BCUT2D eigenvalue weighted by Gasteiger charge is -2.14. The van der Waals surface area contributed by atoms with E-state index in [1.165, 1.54) is 6.92 Å². The van der Waals surface area contributed by atoms with Gasteiger partial charge < -0.3 is 9.47 Å². The summed E-state index contributed by atoms with van der Waals surface area (Å²) in [4.78, 5) is 3.28. The first-order valence-corrected chi connectivity index (χ1v) is 4.34. The molecular weight excluding hydrogens is 249 g/mol. The number of ether oxygens (including phenoxy) is 2. The Morgan fingerprint density at radius 2 is 1.88 bits per heavy atom. The summed E-state index contributed by atoms with van der Waals surface area (Å²) in [5.74, 6) is -1.38. The fraction of sp³-hybridized carbons (Fsp3) is 0.444. The van der Waals surface area contributed by atoms with Crippen molar-refractivity contribution in [1.29, 1.82) is 0 Å². The van der Waals surface area contributed by atoms with Crippen LogP contribution in [0.3, 0.4) is 0 Å². The first-order chi connectivity index (χ1) is 7.74. The summed E-state index contributed by atoms with van der Waals surface area (Å²) in [6, 6.07) is 0.806. The molecule has 0 aliphatic carbocycles. The minimum Gasteiger partial charge on any atom is -0.478 e. The molecule has 8 heteroatoms. The van der Waals surface area contributed by atoms with Crippen molar-refractivity contribution < 1.29 is 31.4 Å². The molecular formula is C9H8F5NO2. The number of aromatic nitrogens is 1.